The number of nitrogens with zero attached hydrogens (tertiary/aromatic N) is 1. The van der Waals surface area contributed by atoms with E-state index in [1.165, 1.54) is 4.90 Å². The number of primary amides is 1. The Morgan fingerprint density at radius 2 is 1.85 bits per heavy atom. The molecular formula is C24H29N3O7. The number of carbonyl (C=O) groups is 3. The van der Waals surface area contributed by atoms with Crippen molar-refractivity contribution in [2.45, 2.75) is 44.4 Å². The van der Waals surface area contributed by atoms with Crippen LogP contribution in [0.25, 0.3) is 0 Å². The molecule has 1 amide bonds. The zero-order chi connectivity index (χ0) is 25.3. The fraction of sp³-hybridized carbons (Fsp3) is 0.458. The van der Waals surface area contributed by atoms with Crippen molar-refractivity contribution >= 4 is 17.5 Å². The van der Waals surface area contributed by atoms with Crippen LogP contribution in [0.15, 0.2) is 28.7 Å². The summed E-state index contributed by atoms with van der Waals surface area (Å²) in [6.45, 7) is 1.91. The Morgan fingerprint density at radius 1 is 1.21 bits per heavy atom. The van der Waals surface area contributed by atoms with Crippen LogP contribution in [0.4, 0.5) is 0 Å². The van der Waals surface area contributed by atoms with Crippen molar-refractivity contribution in [2.24, 2.45) is 23.3 Å². The topological polar surface area (TPSA) is 187 Å². The summed E-state index contributed by atoms with van der Waals surface area (Å²) in [5.41, 5.74) is 9.28. The number of aliphatic hydroxyl groups excluding tert-OH is 2. The van der Waals surface area contributed by atoms with Crippen molar-refractivity contribution in [2.75, 3.05) is 14.1 Å². The van der Waals surface area contributed by atoms with Crippen LogP contribution in [0, 0.1) is 11.8 Å². The molecular weight excluding hydrogens is 442 g/mol. The molecule has 4 rings (SSSR count). The molecule has 3 aliphatic rings. The van der Waals surface area contributed by atoms with Gasteiger partial charge in [0.15, 0.2) is 11.4 Å². The molecule has 0 aliphatic heterocycles. The van der Waals surface area contributed by atoms with E-state index in [2.05, 4.69) is 0 Å². The van der Waals surface area contributed by atoms with Gasteiger partial charge in [-0.3, -0.25) is 19.3 Å². The molecule has 8 N–H and O–H groups in total. The monoisotopic (exact) mass is 471 g/mol. The number of aryl methyl sites for hydroxylation is 1. The van der Waals surface area contributed by atoms with Gasteiger partial charge in [-0.15, -0.1) is 0 Å². The highest BCUT2D eigenvalue weighted by atomic mass is 16.3. The highest BCUT2D eigenvalue weighted by Crippen LogP contribution is 2.52. The lowest BCUT2D eigenvalue weighted by molar-refractivity contribution is -0.148. The Morgan fingerprint density at radius 3 is 2.38 bits per heavy atom. The summed E-state index contributed by atoms with van der Waals surface area (Å²) in [4.78, 5) is 40.4. The maximum atomic E-state index is 13.6. The number of ketones is 2. The van der Waals surface area contributed by atoms with E-state index in [0.717, 1.165) is 5.56 Å². The maximum absolute atomic E-state index is 13.6. The van der Waals surface area contributed by atoms with E-state index in [4.69, 9.17) is 11.5 Å². The normalized spacial score (nSPS) is 28.7. The first-order valence-corrected chi connectivity index (χ1v) is 11.1. The number of hydrogen-bond acceptors (Lipinski definition) is 9. The Bertz CT molecular complexity index is 1200. The number of allylic oxidation sites excluding steroid dienone is 1. The molecule has 0 aromatic heterocycles. The molecule has 0 heterocycles. The predicted octanol–water partition coefficient (Wildman–Crippen LogP) is 0.142. The van der Waals surface area contributed by atoms with E-state index in [0.29, 0.717) is 17.5 Å². The van der Waals surface area contributed by atoms with Crippen molar-refractivity contribution in [3.8, 4) is 5.75 Å². The van der Waals surface area contributed by atoms with E-state index in [1.54, 1.807) is 20.2 Å². The fourth-order valence-corrected chi connectivity index (χ4v) is 5.93. The summed E-state index contributed by atoms with van der Waals surface area (Å²) in [5.74, 6) is -6.58. The van der Waals surface area contributed by atoms with Crippen molar-refractivity contribution in [1.29, 1.82) is 0 Å². The van der Waals surface area contributed by atoms with Gasteiger partial charge in [0.2, 0.25) is 5.78 Å². The van der Waals surface area contributed by atoms with Gasteiger partial charge in [0.05, 0.1) is 11.6 Å². The molecule has 0 saturated heterocycles. The van der Waals surface area contributed by atoms with Crippen LogP contribution in [0.1, 0.15) is 40.4 Å². The first kappa shape index (κ1) is 23.9. The maximum Gasteiger partial charge on any atom is 0.255 e. The number of rotatable bonds is 4. The third-order valence-electron chi connectivity index (χ3n) is 7.49. The van der Waals surface area contributed by atoms with Crippen LogP contribution in [0.3, 0.4) is 0 Å². The van der Waals surface area contributed by atoms with Gasteiger partial charge in [-0.25, -0.2) is 0 Å². The Hall–Kier alpha value is -3.21. The number of Topliss-reactive ketones (excluding diaryl/α,β-unsaturated/α-hetero) is 2. The van der Waals surface area contributed by atoms with Gasteiger partial charge in [0.25, 0.3) is 5.91 Å². The molecule has 0 saturated carbocycles. The number of benzene rings is 1. The summed E-state index contributed by atoms with van der Waals surface area (Å²) < 4.78 is 0. The highest BCUT2D eigenvalue weighted by molar-refractivity contribution is 6.24. The second kappa shape index (κ2) is 7.93. The molecule has 182 valence electrons. The van der Waals surface area contributed by atoms with Crippen molar-refractivity contribution in [3.63, 3.8) is 0 Å². The van der Waals surface area contributed by atoms with Crippen LogP contribution in [0.2, 0.25) is 0 Å². The minimum Gasteiger partial charge on any atom is -0.510 e. The van der Waals surface area contributed by atoms with Crippen molar-refractivity contribution in [3.05, 3.63) is 51.0 Å². The van der Waals surface area contributed by atoms with Gasteiger partial charge in [0, 0.05) is 23.6 Å². The van der Waals surface area contributed by atoms with E-state index >= 15 is 0 Å². The molecule has 0 fully saturated rings. The Balaban J connectivity index is 1.99. The largest absolute Gasteiger partial charge is 0.510 e. The first-order valence-electron chi connectivity index (χ1n) is 11.1. The summed E-state index contributed by atoms with van der Waals surface area (Å²) >= 11 is 0. The number of amides is 1. The lowest BCUT2D eigenvalue weighted by atomic mass is 9.58. The Kier molecular flexibility index (Phi) is 5.58. The summed E-state index contributed by atoms with van der Waals surface area (Å²) in [5, 5.41) is 44.4. The summed E-state index contributed by atoms with van der Waals surface area (Å²) in [7, 11) is 3.18. The SMILES string of the molecule is CCc1cc(CN)c(O)c2c1CC1CC3C(N(C)C)C(O)=C(C(N)=O)C(=O)C3(O)C(O)=C1C2=O. The molecule has 4 unspecified atom stereocenters. The van der Waals surface area contributed by atoms with Gasteiger partial charge < -0.3 is 31.9 Å². The van der Waals surface area contributed by atoms with Gasteiger partial charge in [-0.05, 0) is 50.4 Å². The zero-order valence-electron chi connectivity index (χ0n) is 19.3. The number of aromatic hydroxyl groups is 1. The lowest BCUT2D eigenvalue weighted by Crippen LogP contribution is -2.63. The van der Waals surface area contributed by atoms with E-state index in [1.807, 2.05) is 6.92 Å². The van der Waals surface area contributed by atoms with Gasteiger partial charge >= 0.3 is 0 Å². The summed E-state index contributed by atoms with van der Waals surface area (Å²) in [6.07, 6.45) is 0.919. The number of hydrogen-bond donors (Lipinski definition) is 6. The Labute approximate surface area is 196 Å². The minimum absolute atomic E-state index is 0.000539. The molecule has 4 atom stereocenters. The van der Waals surface area contributed by atoms with Crippen LogP contribution in [0.5, 0.6) is 5.75 Å². The molecule has 3 aliphatic carbocycles. The van der Waals surface area contributed by atoms with Crippen LogP contribution < -0.4 is 11.5 Å². The average Bonchev–Trinajstić information content (AvgIpc) is 2.76. The lowest BCUT2D eigenvalue weighted by Gasteiger charge is -2.50. The minimum atomic E-state index is -2.64. The first-order chi connectivity index (χ1) is 15.9. The number of phenolic OH excluding ortho intramolecular Hbond substituents is 1. The molecule has 0 radical (unpaired) electrons. The molecule has 0 spiro atoms. The number of likely N-dealkylation sites (N-methyl/N-ethyl adjacent to an activating group) is 1. The van der Waals surface area contributed by atoms with Gasteiger partial charge in [0.1, 0.15) is 22.8 Å². The third kappa shape index (κ3) is 2.95. The number of carbonyl (C=O) groups excluding carboxylic acids is 3. The molecule has 0 bridgehead atoms. The van der Waals surface area contributed by atoms with Gasteiger partial charge in [-0.2, -0.15) is 0 Å². The van der Waals surface area contributed by atoms with Crippen LogP contribution in [-0.2, 0) is 29.0 Å². The zero-order valence-corrected chi connectivity index (χ0v) is 19.3. The van der Waals surface area contributed by atoms with E-state index in [9.17, 15) is 34.8 Å². The molecule has 1 aromatic rings. The highest BCUT2D eigenvalue weighted by Gasteiger charge is 2.63. The smallest absolute Gasteiger partial charge is 0.255 e. The molecule has 10 nitrogen and oxygen atoms in total. The predicted molar refractivity (Wildman–Crippen MR) is 121 cm³/mol. The van der Waals surface area contributed by atoms with Crippen LogP contribution in [-0.4, -0.2) is 68.5 Å². The number of nitrogens with two attached hydrogens (primary N) is 2. The number of aliphatic hydroxyl groups is 3. The number of fused-ring (bicyclic) bond motifs is 3. The molecule has 1 aromatic carbocycles. The fourth-order valence-electron chi connectivity index (χ4n) is 5.93. The standard InChI is InChI=1S/C24H29N3O7/c1-4-9-5-11(8-25)18(28)15-12(9)6-10-7-13-17(27(2)3)20(30)16(23(26)33)22(32)24(13,34)21(31)14(10)19(15)29/h5,10,13,17,28,30-31,34H,4,6-8,25H2,1-3H3,(H2,26,33). The summed E-state index contributed by atoms with van der Waals surface area (Å²) in [6, 6.07) is 0.749. The van der Waals surface area contributed by atoms with Gasteiger partial charge in [-0.1, -0.05) is 13.0 Å². The third-order valence-corrected chi connectivity index (χ3v) is 7.49. The van der Waals surface area contributed by atoms with Crippen molar-refractivity contribution < 1.29 is 34.8 Å². The second-order valence-corrected chi connectivity index (χ2v) is 9.42. The van der Waals surface area contributed by atoms with Crippen LogP contribution >= 0.6 is 0 Å². The van der Waals surface area contributed by atoms with Crippen molar-refractivity contribution in [1.82, 2.24) is 4.90 Å². The number of phenols is 1. The van der Waals surface area contributed by atoms with E-state index in [-0.39, 0.29) is 36.3 Å². The van der Waals surface area contributed by atoms with E-state index < -0.39 is 58.0 Å². The quantitative estimate of drug-likeness (QED) is 0.332. The molecule has 34 heavy (non-hydrogen) atoms. The average molecular weight is 472 g/mol. The molecule has 10 heteroatoms. The second-order valence-electron chi connectivity index (χ2n) is 9.42.